The van der Waals surface area contributed by atoms with Gasteiger partial charge in [-0.15, -0.1) is 10.2 Å². The molecule has 0 aliphatic heterocycles. The molecule has 1 aromatic heterocycles. The Morgan fingerprint density at radius 3 is 2.60 bits per heavy atom. The Balaban J connectivity index is 2.37. The van der Waals surface area contributed by atoms with Crippen LogP contribution in [0.2, 0.25) is 5.02 Å². The van der Waals surface area contributed by atoms with Crippen molar-refractivity contribution in [2.45, 2.75) is 4.84 Å². The fourth-order valence-electron chi connectivity index (χ4n) is 1.06. The van der Waals surface area contributed by atoms with E-state index in [0.717, 1.165) is 5.56 Å². The van der Waals surface area contributed by atoms with Crippen LogP contribution in [0.1, 0.15) is 10.7 Å². The van der Waals surface area contributed by atoms with Crippen LogP contribution in [-0.2, 0) is 0 Å². The van der Waals surface area contributed by atoms with Crippen molar-refractivity contribution in [1.29, 1.82) is 0 Å². The summed E-state index contributed by atoms with van der Waals surface area (Å²) in [6, 6.07) is 7.08. The van der Waals surface area contributed by atoms with E-state index in [1.54, 1.807) is 24.3 Å². The first-order chi connectivity index (χ1) is 7.16. The van der Waals surface area contributed by atoms with Crippen molar-refractivity contribution in [3.8, 4) is 11.5 Å². The average molecular weight is 264 g/mol. The second-order valence-electron chi connectivity index (χ2n) is 2.76. The van der Waals surface area contributed by atoms with Crippen LogP contribution in [-0.4, -0.2) is 10.2 Å². The quantitative estimate of drug-likeness (QED) is 0.772. The highest BCUT2D eigenvalue weighted by Crippen LogP contribution is 2.27. The molecule has 0 aliphatic rings. The molecule has 2 rings (SSSR count). The highest BCUT2D eigenvalue weighted by Gasteiger charge is 2.13. The number of hydrogen-bond acceptors (Lipinski definition) is 3. The molecule has 6 heteroatoms. The van der Waals surface area contributed by atoms with E-state index < -0.39 is 4.84 Å². The summed E-state index contributed by atoms with van der Waals surface area (Å²) in [4.78, 5) is -0.814. The van der Waals surface area contributed by atoms with Crippen LogP contribution >= 0.6 is 34.8 Å². The van der Waals surface area contributed by atoms with Gasteiger partial charge in [-0.2, -0.15) is 0 Å². The minimum atomic E-state index is -0.814. The second-order valence-corrected chi connectivity index (χ2v) is 4.29. The molecule has 1 heterocycles. The molecule has 0 fully saturated rings. The van der Waals surface area contributed by atoms with E-state index in [1.165, 1.54) is 0 Å². The lowest BCUT2D eigenvalue weighted by molar-refractivity contribution is 0.523. The first-order valence-electron chi connectivity index (χ1n) is 4.04. The maximum atomic E-state index is 5.82. The summed E-state index contributed by atoms with van der Waals surface area (Å²) in [6.45, 7) is 0. The Hall–Kier alpha value is -0.770. The third-order valence-corrected chi connectivity index (χ3v) is 2.31. The summed E-state index contributed by atoms with van der Waals surface area (Å²) in [6.07, 6.45) is 0. The second kappa shape index (κ2) is 4.39. The maximum absolute atomic E-state index is 5.82. The van der Waals surface area contributed by atoms with Gasteiger partial charge in [0.05, 0.1) is 0 Å². The first-order valence-corrected chi connectivity index (χ1v) is 5.29. The predicted octanol–water partition coefficient (Wildman–Crippen LogP) is 3.87. The molecule has 0 radical (unpaired) electrons. The number of aromatic nitrogens is 2. The van der Waals surface area contributed by atoms with Gasteiger partial charge in [-0.3, -0.25) is 0 Å². The molecule has 15 heavy (non-hydrogen) atoms. The molecule has 0 amide bonds. The maximum Gasteiger partial charge on any atom is 0.249 e. The Morgan fingerprint density at radius 1 is 1.20 bits per heavy atom. The Kier molecular flexibility index (Phi) is 3.14. The summed E-state index contributed by atoms with van der Waals surface area (Å²) in [5.41, 5.74) is 0.732. The van der Waals surface area contributed by atoms with Crippen LogP contribution < -0.4 is 0 Å². The van der Waals surface area contributed by atoms with E-state index in [4.69, 9.17) is 39.2 Å². The van der Waals surface area contributed by atoms with Crippen LogP contribution in [0.15, 0.2) is 28.7 Å². The molecule has 0 atom stereocenters. The third kappa shape index (κ3) is 2.43. The number of rotatable bonds is 2. The van der Waals surface area contributed by atoms with Crippen LogP contribution in [0.4, 0.5) is 0 Å². The molecule has 0 spiro atoms. The van der Waals surface area contributed by atoms with E-state index in [1.807, 2.05) is 0 Å². The fraction of sp³-hybridized carbons (Fsp3) is 0.111. The summed E-state index contributed by atoms with van der Waals surface area (Å²) >= 11 is 17.0. The first kappa shape index (κ1) is 10.7. The molecule has 1 aromatic carbocycles. The van der Waals surface area contributed by atoms with Crippen LogP contribution in [0, 0.1) is 0 Å². The van der Waals surface area contributed by atoms with Gasteiger partial charge in [-0.25, -0.2) is 0 Å². The number of halogens is 3. The molecule has 0 N–H and O–H groups in total. The van der Waals surface area contributed by atoms with E-state index in [-0.39, 0.29) is 5.89 Å². The topological polar surface area (TPSA) is 38.9 Å². The van der Waals surface area contributed by atoms with Crippen LogP contribution in [0.3, 0.4) is 0 Å². The highest BCUT2D eigenvalue weighted by atomic mass is 35.5. The van der Waals surface area contributed by atoms with Crippen molar-refractivity contribution in [2.24, 2.45) is 0 Å². The van der Waals surface area contributed by atoms with E-state index in [9.17, 15) is 0 Å². The molecule has 0 aliphatic carbocycles. The third-order valence-electron chi connectivity index (χ3n) is 1.70. The molecule has 2 aromatic rings. The highest BCUT2D eigenvalue weighted by molar-refractivity contribution is 6.43. The number of alkyl halides is 2. The van der Waals surface area contributed by atoms with Gasteiger partial charge in [0.2, 0.25) is 11.8 Å². The minimum absolute atomic E-state index is 0.174. The predicted molar refractivity (Wildman–Crippen MR) is 59.2 cm³/mol. The van der Waals surface area contributed by atoms with Crippen molar-refractivity contribution in [3.05, 3.63) is 35.2 Å². The summed E-state index contributed by atoms with van der Waals surface area (Å²) in [7, 11) is 0. The molecular weight excluding hydrogens is 258 g/mol. The molecule has 78 valence electrons. The molecule has 3 nitrogen and oxygen atoms in total. The van der Waals surface area contributed by atoms with Crippen molar-refractivity contribution < 1.29 is 4.42 Å². The Bertz CT molecular complexity index is 470. The standard InChI is InChI=1S/C9H5Cl3N2O/c10-6-3-1-2-5(4-6)8-13-14-9(15-8)7(11)12/h1-4,7H. The number of benzene rings is 1. The normalized spacial score (nSPS) is 10.9. The SMILES string of the molecule is Clc1cccc(-c2nnc(C(Cl)Cl)o2)c1. The molecular formula is C9H5Cl3N2O. The van der Waals surface area contributed by atoms with Crippen LogP contribution in [0.25, 0.3) is 11.5 Å². The lowest BCUT2D eigenvalue weighted by Crippen LogP contribution is -1.79. The lowest BCUT2D eigenvalue weighted by atomic mass is 10.2. The minimum Gasteiger partial charge on any atom is -0.418 e. The number of nitrogens with zero attached hydrogens (tertiary/aromatic N) is 2. The molecule has 0 bridgehead atoms. The van der Waals surface area contributed by atoms with Gasteiger partial charge in [0.1, 0.15) is 0 Å². The van der Waals surface area contributed by atoms with Crippen molar-refractivity contribution >= 4 is 34.8 Å². The Labute approximate surface area is 101 Å². The van der Waals surface area contributed by atoms with Crippen molar-refractivity contribution in [2.75, 3.05) is 0 Å². The fourth-order valence-corrected chi connectivity index (χ4v) is 1.43. The zero-order valence-electron chi connectivity index (χ0n) is 7.32. The molecule has 0 saturated carbocycles. The van der Waals surface area contributed by atoms with Gasteiger partial charge in [-0.05, 0) is 18.2 Å². The summed E-state index contributed by atoms with van der Waals surface area (Å²) in [5, 5.41) is 8.10. The summed E-state index contributed by atoms with van der Waals surface area (Å²) < 4.78 is 5.24. The zero-order chi connectivity index (χ0) is 10.8. The molecule has 0 unspecified atom stereocenters. The lowest BCUT2D eigenvalue weighted by Gasteiger charge is -1.95. The van der Waals surface area contributed by atoms with Crippen molar-refractivity contribution in [3.63, 3.8) is 0 Å². The molecule has 0 saturated heterocycles. The zero-order valence-corrected chi connectivity index (χ0v) is 9.59. The smallest absolute Gasteiger partial charge is 0.249 e. The monoisotopic (exact) mass is 262 g/mol. The summed E-state index contributed by atoms with van der Waals surface area (Å²) in [5.74, 6) is 0.520. The van der Waals surface area contributed by atoms with Gasteiger partial charge in [0, 0.05) is 10.6 Å². The van der Waals surface area contributed by atoms with Crippen LogP contribution in [0.5, 0.6) is 0 Å². The van der Waals surface area contributed by atoms with Gasteiger partial charge in [0.15, 0.2) is 4.84 Å². The van der Waals surface area contributed by atoms with E-state index in [2.05, 4.69) is 10.2 Å². The van der Waals surface area contributed by atoms with E-state index >= 15 is 0 Å². The Morgan fingerprint density at radius 2 is 2.00 bits per heavy atom. The van der Waals surface area contributed by atoms with Gasteiger partial charge >= 0.3 is 0 Å². The van der Waals surface area contributed by atoms with Gasteiger partial charge in [-0.1, -0.05) is 40.9 Å². The van der Waals surface area contributed by atoms with Gasteiger partial charge < -0.3 is 4.42 Å². The number of hydrogen-bond donors (Lipinski definition) is 0. The largest absolute Gasteiger partial charge is 0.418 e. The van der Waals surface area contributed by atoms with Gasteiger partial charge in [0.25, 0.3) is 0 Å². The average Bonchev–Trinajstić information content (AvgIpc) is 2.66. The van der Waals surface area contributed by atoms with Crippen molar-refractivity contribution in [1.82, 2.24) is 10.2 Å². The van der Waals surface area contributed by atoms with E-state index in [0.29, 0.717) is 10.9 Å².